The van der Waals surface area contributed by atoms with Crippen molar-refractivity contribution in [3.8, 4) is 0 Å². The first kappa shape index (κ1) is 12.7. The molecule has 90 valence electrons. The molecular weight excluding hydrogens is 224 g/mol. The maximum atomic E-state index is 10.7. The second-order valence-electron chi connectivity index (χ2n) is 2.88. The molecule has 1 aromatic heterocycles. The Bertz CT molecular complexity index is 434. The van der Waals surface area contributed by atoms with E-state index in [1.54, 1.807) is 12.2 Å². The van der Waals surface area contributed by atoms with Crippen molar-refractivity contribution in [3.05, 3.63) is 30.0 Å². The predicted octanol–water partition coefficient (Wildman–Crippen LogP) is 1.26. The van der Waals surface area contributed by atoms with E-state index in [4.69, 9.17) is 4.42 Å². The first-order chi connectivity index (χ1) is 8.26. The van der Waals surface area contributed by atoms with Crippen molar-refractivity contribution in [2.24, 2.45) is 0 Å². The third kappa shape index (κ3) is 4.78. The second-order valence-corrected chi connectivity index (χ2v) is 2.88. The molecule has 6 nitrogen and oxygen atoms in total. The molecule has 0 aliphatic carbocycles. The summed E-state index contributed by atoms with van der Waals surface area (Å²) >= 11 is 0. The monoisotopic (exact) mass is 236 g/mol. The standard InChI is InChI=1S/C11H12N2O4/c1-16-11(15)12-6-2-5-10-13-9(8-17-10)4-3-7-14/h2-5,7-8H,6H2,1H3,(H,12,15)/b4-3+,5-2-. The lowest BCUT2D eigenvalue weighted by Gasteiger charge is -1.97. The molecule has 0 aliphatic heterocycles. The minimum absolute atomic E-state index is 0.314. The van der Waals surface area contributed by atoms with Crippen molar-refractivity contribution in [2.45, 2.75) is 0 Å². The molecule has 1 amide bonds. The summed E-state index contributed by atoms with van der Waals surface area (Å²) < 4.78 is 9.47. The Morgan fingerprint density at radius 2 is 2.41 bits per heavy atom. The van der Waals surface area contributed by atoms with Crippen LogP contribution in [0, 0.1) is 0 Å². The number of amides is 1. The Balaban J connectivity index is 2.43. The van der Waals surface area contributed by atoms with Gasteiger partial charge in [0.1, 0.15) is 18.2 Å². The minimum atomic E-state index is -0.503. The minimum Gasteiger partial charge on any atom is -0.453 e. The van der Waals surface area contributed by atoms with Gasteiger partial charge in [0.25, 0.3) is 0 Å². The molecule has 0 aliphatic rings. The van der Waals surface area contributed by atoms with E-state index in [-0.39, 0.29) is 0 Å². The second kappa shape index (κ2) is 7.00. The van der Waals surface area contributed by atoms with Crippen molar-refractivity contribution >= 4 is 24.5 Å². The smallest absolute Gasteiger partial charge is 0.407 e. The van der Waals surface area contributed by atoms with Crippen molar-refractivity contribution < 1.29 is 18.7 Å². The number of hydrogen-bond acceptors (Lipinski definition) is 5. The number of aldehydes is 1. The SMILES string of the molecule is COC(=O)NC/C=C\c1nc(/C=C/C=O)co1. The van der Waals surface area contributed by atoms with Crippen LogP contribution in [0.2, 0.25) is 0 Å². The molecule has 1 rings (SSSR count). The molecule has 0 unspecified atom stereocenters. The van der Waals surface area contributed by atoms with Gasteiger partial charge in [0.15, 0.2) is 0 Å². The van der Waals surface area contributed by atoms with Crippen LogP contribution < -0.4 is 5.32 Å². The molecule has 1 heterocycles. The average Bonchev–Trinajstić information content (AvgIpc) is 2.79. The number of carbonyl (C=O) groups excluding carboxylic acids is 2. The molecule has 17 heavy (non-hydrogen) atoms. The molecule has 0 saturated carbocycles. The fraction of sp³-hybridized carbons (Fsp3) is 0.182. The van der Waals surface area contributed by atoms with E-state index in [0.717, 1.165) is 0 Å². The number of hydrogen-bond donors (Lipinski definition) is 1. The van der Waals surface area contributed by atoms with Crippen molar-refractivity contribution in [3.63, 3.8) is 0 Å². The number of rotatable bonds is 5. The fourth-order valence-corrected chi connectivity index (χ4v) is 0.966. The molecule has 1 aromatic rings. The highest BCUT2D eigenvalue weighted by atomic mass is 16.5. The van der Waals surface area contributed by atoms with Crippen molar-refractivity contribution in [1.29, 1.82) is 0 Å². The van der Waals surface area contributed by atoms with E-state index >= 15 is 0 Å². The van der Waals surface area contributed by atoms with Gasteiger partial charge in [0, 0.05) is 6.54 Å². The summed E-state index contributed by atoms with van der Waals surface area (Å²) in [7, 11) is 1.29. The number of methoxy groups -OCH3 is 1. The third-order valence-electron chi connectivity index (χ3n) is 1.70. The quantitative estimate of drug-likeness (QED) is 0.614. The number of ether oxygens (including phenoxy) is 1. The molecule has 0 radical (unpaired) electrons. The third-order valence-corrected chi connectivity index (χ3v) is 1.70. The summed E-state index contributed by atoms with van der Waals surface area (Å²) in [4.78, 5) is 24.8. The number of oxazole rings is 1. The van der Waals surface area contributed by atoms with Crippen LogP contribution >= 0.6 is 0 Å². The number of aromatic nitrogens is 1. The maximum Gasteiger partial charge on any atom is 0.407 e. The van der Waals surface area contributed by atoms with Gasteiger partial charge in [-0.3, -0.25) is 4.79 Å². The van der Waals surface area contributed by atoms with Gasteiger partial charge in [-0.1, -0.05) is 6.08 Å². The summed E-state index contributed by atoms with van der Waals surface area (Å²) in [6, 6.07) is 0. The van der Waals surface area contributed by atoms with Crippen LogP contribution in [-0.4, -0.2) is 31.0 Å². The normalized spacial score (nSPS) is 10.9. The molecule has 6 heteroatoms. The number of carbonyl (C=O) groups is 2. The summed E-state index contributed by atoms with van der Waals surface area (Å²) in [5.74, 6) is 0.391. The molecule has 0 fully saturated rings. The zero-order valence-corrected chi connectivity index (χ0v) is 9.25. The van der Waals surface area contributed by atoms with Gasteiger partial charge in [-0.15, -0.1) is 0 Å². The fourth-order valence-electron chi connectivity index (χ4n) is 0.966. The topological polar surface area (TPSA) is 81.4 Å². The van der Waals surface area contributed by atoms with Crippen LogP contribution in [0.4, 0.5) is 4.79 Å². The molecule has 0 bridgehead atoms. The van der Waals surface area contributed by atoms with Gasteiger partial charge in [-0.05, 0) is 18.2 Å². The molecule has 0 saturated heterocycles. The highest BCUT2D eigenvalue weighted by Crippen LogP contribution is 2.05. The number of nitrogens with one attached hydrogen (secondary N) is 1. The molecule has 1 N–H and O–H groups in total. The van der Waals surface area contributed by atoms with Crippen LogP contribution in [0.15, 0.2) is 22.8 Å². The van der Waals surface area contributed by atoms with Gasteiger partial charge in [0.2, 0.25) is 5.89 Å². The summed E-state index contributed by atoms with van der Waals surface area (Å²) in [6.45, 7) is 0.314. The van der Waals surface area contributed by atoms with Crippen LogP contribution in [0.3, 0.4) is 0 Å². The van der Waals surface area contributed by atoms with Crippen LogP contribution in [0.25, 0.3) is 12.2 Å². The Morgan fingerprint density at radius 1 is 1.59 bits per heavy atom. The Morgan fingerprint density at radius 3 is 3.12 bits per heavy atom. The summed E-state index contributed by atoms with van der Waals surface area (Å²) in [6.07, 6.45) is 7.70. The predicted molar refractivity (Wildman–Crippen MR) is 61.0 cm³/mol. The Kier molecular flexibility index (Phi) is 5.23. The van der Waals surface area contributed by atoms with E-state index in [1.165, 1.54) is 25.5 Å². The zero-order valence-electron chi connectivity index (χ0n) is 9.25. The zero-order chi connectivity index (χ0) is 12.5. The van der Waals surface area contributed by atoms with Gasteiger partial charge in [0.05, 0.1) is 7.11 Å². The van der Waals surface area contributed by atoms with Gasteiger partial charge >= 0.3 is 6.09 Å². The first-order valence-corrected chi connectivity index (χ1v) is 4.82. The van der Waals surface area contributed by atoms with Crippen LogP contribution in [0.1, 0.15) is 11.6 Å². The van der Waals surface area contributed by atoms with Gasteiger partial charge in [-0.25, -0.2) is 9.78 Å². The lowest BCUT2D eigenvalue weighted by molar-refractivity contribution is -0.104. The highest BCUT2D eigenvalue weighted by Gasteiger charge is 1.97. The summed E-state index contributed by atoms with van der Waals surface area (Å²) in [5.41, 5.74) is 0.553. The molecule has 0 aromatic carbocycles. The maximum absolute atomic E-state index is 10.7. The first-order valence-electron chi connectivity index (χ1n) is 4.82. The van der Waals surface area contributed by atoms with E-state index < -0.39 is 6.09 Å². The highest BCUT2D eigenvalue weighted by molar-refractivity contribution is 5.72. The van der Waals surface area contributed by atoms with E-state index in [1.807, 2.05) is 0 Å². The van der Waals surface area contributed by atoms with Gasteiger partial charge in [-0.2, -0.15) is 0 Å². The van der Waals surface area contributed by atoms with E-state index in [0.29, 0.717) is 24.4 Å². The van der Waals surface area contributed by atoms with Crippen LogP contribution in [0.5, 0.6) is 0 Å². The molecular formula is C11H12N2O4. The van der Waals surface area contributed by atoms with Gasteiger partial charge < -0.3 is 14.5 Å². The summed E-state index contributed by atoms with van der Waals surface area (Å²) in [5, 5.41) is 2.47. The van der Waals surface area contributed by atoms with E-state index in [2.05, 4.69) is 15.0 Å². The lowest BCUT2D eigenvalue weighted by atomic mass is 10.4. The average molecular weight is 236 g/mol. The number of alkyl carbamates (subject to hydrolysis) is 1. The largest absolute Gasteiger partial charge is 0.453 e. The van der Waals surface area contributed by atoms with Crippen LogP contribution in [-0.2, 0) is 9.53 Å². The number of nitrogens with zero attached hydrogens (tertiary/aromatic N) is 1. The van der Waals surface area contributed by atoms with Crippen molar-refractivity contribution in [1.82, 2.24) is 10.3 Å². The van der Waals surface area contributed by atoms with E-state index in [9.17, 15) is 9.59 Å². The molecule has 0 atom stereocenters. The van der Waals surface area contributed by atoms with Crippen molar-refractivity contribution in [2.75, 3.05) is 13.7 Å². The Labute approximate surface area is 98.0 Å². The number of allylic oxidation sites excluding steroid dienone is 1. The Hall–Kier alpha value is -2.37. The molecule has 0 spiro atoms. The lowest BCUT2D eigenvalue weighted by Crippen LogP contribution is -2.22.